The van der Waals surface area contributed by atoms with Crippen molar-refractivity contribution in [1.29, 1.82) is 0 Å². The fraction of sp³-hybridized carbons (Fsp3) is 0.467. The lowest BCUT2D eigenvalue weighted by Crippen LogP contribution is -2.35. The molecule has 0 aliphatic carbocycles. The maximum absolute atomic E-state index is 11.8. The predicted molar refractivity (Wildman–Crippen MR) is 81.8 cm³/mol. The summed E-state index contributed by atoms with van der Waals surface area (Å²) < 4.78 is 4.76. The Morgan fingerprint density at radius 1 is 1.38 bits per heavy atom. The van der Waals surface area contributed by atoms with Crippen molar-refractivity contribution in [2.24, 2.45) is 0 Å². The second-order valence-electron chi connectivity index (χ2n) is 4.90. The summed E-state index contributed by atoms with van der Waals surface area (Å²) in [6.45, 7) is 3.36. The number of methoxy groups -OCH3 is 1. The Morgan fingerprint density at radius 2 is 2.10 bits per heavy atom. The van der Waals surface area contributed by atoms with Gasteiger partial charge >= 0.3 is 5.97 Å². The van der Waals surface area contributed by atoms with Crippen LogP contribution in [0, 0.1) is 0 Å². The van der Waals surface area contributed by atoms with Crippen LogP contribution >= 0.6 is 0 Å². The molecule has 0 unspecified atom stereocenters. The van der Waals surface area contributed by atoms with E-state index in [4.69, 9.17) is 10.5 Å². The van der Waals surface area contributed by atoms with Gasteiger partial charge in [-0.3, -0.25) is 9.69 Å². The Hall–Kier alpha value is -2.08. The fourth-order valence-electron chi connectivity index (χ4n) is 2.01. The summed E-state index contributed by atoms with van der Waals surface area (Å²) in [6, 6.07) is 5.24. The van der Waals surface area contributed by atoms with Gasteiger partial charge in [0.25, 0.3) is 0 Å². The zero-order valence-corrected chi connectivity index (χ0v) is 12.8. The average Bonchev–Trinajstić information content (AvgIpc) is 2.44. The minimum Gasteiger partial charge on any atom is -0.465 e. The number of carbonyl (C=O) groups excluding carboxylic acids is 2. The highest BCUT2D eigenvalue weighted by Crippen LogP contribution is 2.19. The number of nitrogens with two attached hydrogens (primary N) is 1. The van der Waals surface area contributed by atoms with Gasteiger partial charge in [0.15, 0.2) is 0 Å². The summed E-state index contributed by atoms with van der Waals surface area (Å²) in [5.41, 5.74) is 7.32. The number of nitrogens with zero attached hydrogens (tertiary/aromatic N) is 1. The first-order chi connectivity index (χ1) is 9.99. The molecule has 6 heteroatoms. The predicted octanol–water partition coefficient (Wildman–Crippen LogP) is 1.01. The van der Waals surface area contributed by atoms with E-state index in [2.05, 4.69) is 5.32 Å². The maximum Gasteiger partial charge on any atom is 0.340 e. The van der Waals surface area contributed by atoms with E-state index in [1.807, 2.05) is 24.9 Å². The van der Waals surface area contributed by atoms with Crippen LogP contribution in [0.1, 0.15) is 29.3 Å². The maximum atomic E-state index is 11.8. The smallest absolute Gasteiger partial charge is 0.340 e. The summed E-state index contributed by atoms with van der Waals surface area (Å²) in [5.74, 6) is -0.505. The molecule has 21 heavy (non-hydrogen) atoms. The third kappa shape index (κ3) is 5.07. The molecule has 0 radical (unpaired) electrons. The molecule has 0 saturated carbocycles. The first kappa shape index (κ1) is 17.0. The monoisotopic (exact) mass is 293 g/mol. The number of ether oxygens (including phenoxy) is 1. The van der Waals surface area contributed by atoms with E-state index in [9.17, 15) is 9.59 Å². The number of amides is 1. The van der Waals surface area contributed by atoms with Gasteiger partial charge < -0.3 is 15.8 Å². The summed E-state index contributed by atoms with van der Waals surface area (Å²) in [7, 11) is 3.14. The van der Waals surface area contributed by atoms with Gasteiger partial charge in [0.2, 0.25) is 5.91 Å². The normalized spacial score (nSPS) is 10.5. The molecule has 1 amide bonds. The van der Waals surface area contributed by atoms with Gasteiger partial charge in [0.05, 0.1) is 19.2 Å². The third-order valence-corrected chi connectivity index (χ3v) is 3.00. The van der Waals surface area contributed by atoms with Crippen molar-refractivity contribution in [3.8, 4) is 0 Å². The Labute approximate surface area is 125 Å². The summed E-state index contributed by atoms with van der Waals surface area (Å²) in [5, 5.41) is 2.81. The van der Waals surface area contributed by atoms with Crippen molar-refractivity contribution in [3.63, 3.8) is 0 Å². The van der Waals surface area contributed by atoms with Gasteiger partial charge in [-0.15, -0.1) is 0 Å². The van der Waals surface area contributed by atoms with Crippen LogP contribution in [0.15, 0.2) is 18.2 Å². The van der Waals surface area contributed by atoms with Crippen molar-refractivity contribution in [2.45, 2.75) is 19.9 Å². The highest BCUT2D eigenvalue weighted by atomic mass is 16.5. The van der Waals surface area contributed by atoms with Crippen LogP contribution in [0.25, 0.3) is 0 Å². The lowest BCUT2D eigenvalue weighted by Gasteiger charge is -2.18. The number of rotatable bonds is 7. The van der Waals surface area contributed by atoms with Crippen LogP contribution in [0.2, 0.25) is 0 Å². The number of anilines is 1. The zero-order valence-electron chi connectivity index (χ0n) is 12.8. The van der Waals surface area contributed by atoms with Crippen molar-refractivity contribution >= 4 is 17.6 Å². The second kappa shape index (κ2) is 8.26. The highest BCUT2D eigenvalue weighted by molar-refractivity contribution is 5.96. The van der Waals surface area contributed by atoms with E-state index in [0.29, 0.717) is 24.3 Å². The number of hydrogen-bond donors (Lipinski definition) is 2. The van der Waals surface area contributed by atoms with Crippen LogP contribution in [-0.2, 0) is 16.1 Å². The van der Waals surface area contributed by atoms with Crippen LogP contribution in [0.4, 0.5) is 5.69 Å². The van der Waals surface area contributed by atoms with Crippen LogP contribution in [0.3, 0.4) is 0 Å². The minimum atomic E-state index is -0.466. The quantitative estimate of drug-likeness (QED) is 0.579. The molecule has 3 N–H and O–H groups in total. The molecule has 0 fully saturated rings. The van der Waals surface area contributed by atoms with Gasteiger partial charge in [-0.2, -0.15) is 0 Å². The topological polar surface area (TPSA) is 84.7 Å². The number of nitrogens with one attached hydrogen (secondary N) is 1. The molecule has 0 saturated heterocycles. The third-order valence-electron chi connectivity index (χ3n) is 3.00. The van der Waals surface area contributed by atoms with Gasteiger partial charge in [-0.25, -0.2) is 4.79 Å². The standard InChI is InChI=1S/C15H23N3O3/c1-4-8-17-13(19)10-18(2)9-11-6-5-7-12(16)14(11)15(20)21-3/h5-7H,4,8-10,16H2,1-3H3,(H,17,19). The Bertz CT molecular complexity index is 503. The lowest BCUT2D eigenvalue weighted by atomic mass is 10.1. The number of carbonyl (C=O) groups is 2. The van der Waals surface area contributed by atoms with Crippen LogP contribution in [0.5, 0.6) is 0 Å². The van der Waals surface area contributed by atoms with Gasteiger partial charge in [-0.1, -0.05) is 19.1 Å². The minimum absolute atomic E-state index is 0.0390. The molecular formula is C15H23N3O3. The Morgan fingerprint density at radius 3 is 2.71 bits per heavy atom. The van der Waals surface area contributed by atoms with Crippen molar-refractivity contribution < 1.29 is 14.3 Å². The van der Waals surface area contributed by atoms with E-state index >= 15 is 0 Å². The molecule has 6 nitrogen and oxygen atoms in total. The van der Waals surface area contributed by atoms with Crippen molar-refractivity contribution in [3.05, 3.63) is 29.3 Å². The molecular weight excluding hydrogens is 270 g/mol. The molecule has 1 aromatic carbocycles. The molecule has 0 aromatic heterocycles. The molecule has 0 heterocycles. The van der Waals surface area contributed by atoms with Crippen molar-refractivity contribution in [2.75, 3.05) is 33.0 Å². The Balaban J connectivity index is 2.76. The largest absolute Gasteiger partial charge is 0.465 e. The SMILES string of the molecule is CCCNC(=O)CN(C)Cc1cccc(N)c1C(=O)OC. The van der Waals surface area contributed by atoms with Gasteiger partial charge in [0, 0.05) is 18.8 Å². The Kier molecular flexibility index (Phi) is 6.68. The first-order valence-electron chi connectivity index (χ1n) is 6.90. The van der Waals surface area contributed by atoms with E-state index in [1.54, 1.807) is 12.1 Å². The number of esters is 1. The number of nitrogen functional groups attached to an aromatic ring is 1. The molecule has 0 aliphatic heterocycles. The van der Waals surface area contributed by atoms with Gasteiger partial charge in [-0.05, 0) is 25.1 Å². The molecule has 116 valence electrons. The summed E-state index contributed by atoms with van der Waals surface area (Å²) in [6.07, 6.45) is 0.900. The molecule has 1 rings (SSSR count). The molecule has 1 aromatic rings. The molecule has 0 bridgehead atoms. The van der Waals surface area contributed by atoms with Crippen LogP contribution in [-0.4, -0.2) is 44.0 Å². The van der Waals surface area contributed by atoms with E-state index < -0.39 is 5.97 Å². The lowest BCUT2D eigenvalue weighted by molar-refractivity contribution is -0.122. The van der Waals surface area contributed by atoms with E-state index in [1.165, 1.54) is 7.11 Å². The van der Waals surface area contributed by atoms with Gasteiger partial charge in [0.1, 0.15) is 0 Å². The molecule has 0 atom stereocenters. The first-order valence-corrected chi connectivity index (χ1v) is 6.90. The average molecular weight is 293 g/mol. The fourth-order valence-corrected chi connectivity index (χ4v) is 2.01. The summed E-state index contributed by atoms with van der Waals surface area (Å²) in [4.78, 5) is 25.3. The molecule has 0 aliphatic rings. The zero-order chi connectivity index (χ0) is 15.8. The van der Waals surface area contributed by atoms with E-state index in [-0.39, 0.29) is 12.5 Å². The highest BCUT2D eigenvalue weighted by Gasteiger charge is 2.17. The summed E-state index contributed by atoms with van der Waals surface area (Å²) >= 11 is 0. The number of hydrogen-bond acceptors (Lipinski definition) is 5. The number of likely N-dealkylation sites (N-methyl/N-ethyl adjacent to an activating group) is 1. The molecule has 0 spiro atoms. The van der Waals surface area contributed by atoms with E-state index in [0.717, 1.165) is 12.0 Å². The second-order valence-corrected chi connectivity index (χ2v) is 4.90. The van der Waals surface area contributed by atoms with Crippen LogP contribution < -0.4 is 11.1 Å². The number of benzene rings is 1. The van der Waals surface area contributed by atoms with Crippen molar-refractivity contribution in [1.82, 2.24) is 10.2 Å².